The Bertz CT molecular complexity index is 1450. The number of carbonyl (C=O) groups is 3. The average Bonchev–Trinajstić information content (AvgIpc) is 3.50. The van der Waals surface area contributed by atoms with Gasteiger partial charge in [0.2, 0.25) is 0 Å². The molecular weight excluding hydrogens is 470 g/mol. The molecule has 2 N–H and O–H groups in total. The van der Waals surface area contributed by atoms with Gasteiger partial charge in [0.1, 0.15) is 17.0 Å². The molecule has 0 aliphatic carbocycles. The summed E-state index contributed by atoms with van der Waals surface area (Å²) in [7, 11) is 1.57. The van der Waals surface area contributed by atoms with Crippen LogP contribution in [0.1, 0.15) is 29.3 Å². The molecule has 1 aromatic heterocycles. The molecule has 3 aromatic carbocycles. The third-order valence-electron chi connectivity index (χ3n) is 6.44. The van der Waals surface area contributed by atoms with Crippen molar-refractivity contribution in [2.75, 3.05) is 7.11 Å². The highest BCUT2D eigenvalue weighted by Gasteiger charge is 2.52. The number of nitrogens with one attached hydrogen (secondary N) is 2. The highest BCUT2D eigenvalue weighted by molar-refractivity contribution is 6.10. The Morgan fingerprint density at radius 1 is 0.973 bits per heavy atom. The molecular formula is C28H25N5O4. The minimum absolute atomic E-state index is 0.198. The van der Waals surface area contributed by atoms with E-state index in [1.807, 2.05) is 43.3 Å². The van der Waals surface area contributed by atoms with Gasteiger partial charge in [-0.05, 0) is 48.4 Å². The zero-order valence-corrected chi connectivity index (χ0v) is 20.3. The first kappa shape index (κ1) is 23.8. The van der Waals surface area contributed by atoms with Crippen LogP contribution in [-0.4, -0.2) is 39.7 Å². The van der Waals surface area contributed by atoms with Gasteiger partial charge in [0, 0.05) is 11.8 Å². The first-order chi connectivity index (χ1) is 18.0. The molecule has 9 heteroatoms. The second-order valence-corrected chi connectivity index (χ2v) is 8.54. The Hall–Kier alpha value is -4.92. The number of urea groups is 1. The zero-order valence-electron chi connectivity index (χ0n) is 20.3. The molecule has 0 spiro atoms. The van der Waals surface area contributed by atoms with Crippen LogP contribution >= 0.6 is 0 Å². The van der Waals surface area contributed by atoms with Crippen LogP contribution < -0.4 is 15.5 Å². The van der Waals surface area contributed by atoms with E-state index in [1.54, 1.807) is 66.5 Å². The molecule has 1 aliphatic rings. The maximum absolute atomic E-state index is 13.5. The molecule has 4 aromatic rings. The van der Waals surface area contributed by atoms with Crippen LogP contribution in [0.3, 0.4) is 0 Å². The first-order valence-electron chi connectivity index (χ1n) is 11.8. The molecule has 0 bridgehead atoms. The summed E-state index contributed by atoms with van der Waals surface area (Å²) in [6.07, 6.45) is 1.89. The number of para-hydroxylation sites is 1. The number of methoxy groups -OCH3 is 1. The van der Waals surface area contributed by atoms with E-state index in [1.165, 1.54) is 0 Å². The highest BCUT2D eigenvalue weighted by Crippen LogP contribution is 2.32. The van der Waals surface area contributed by atoms with Crippen molar-refractivity contribution >= 4 is 17.8 Å². The standard InChI is InChI=1S/C28H25N5O4/c1-3-28(20-10-6-4-7-11-20)26(35)33(27(36)29-28)31-25(34)23-18-32(21-12-8-5-9-13-21)30-24(23)19-14-16-22(37-2)17-15-19/h4-18H,3H2,1-2H3,(H,29,36)(H,31,34). The number of benzene rings is 3. The summed E-state index contributed by atoms with van der Waals surface area (Å²) < 4.78 is 6.83. The van der Waals surface area contributed by atoms with E-state index in [0.29, 0.717) is 29.0 Å². The second kappa shape index (κ2) is 9.62. The molecule has 1 unspecified atom stereocenters. The van der Waals surface area contributed by atoms with E-state index in [9.17, 15) is 14.4 Å². The van der Waals surface area contributed by atoms with Gasteiger partial charge < -0.3 is 10.1 Å². The van der Waals surface area contributed by atoms with Crippen LogP contribution in [0.5, 0.6) is 5.75 Å². The molecule has 2 heterocycles. The molecule has 4 amide bonds. The van der Waals surface area contributed by atoms with Crippen molar-refractivity contribution in [3.8, 4) is 22.7 Å². The largest absolute Gasteiger partial charge is 0.497 e. The predicted octanol–water partition coefficient (Wildman–Crippen LogP) is 4.05. The molecule has 5 rings (SSSR count). The van der Waals surface area contributed by atoms with Crippen LogP contribution in [0.2, 0.25) is 0 Å². The van der Waals surface area contributed by atoms with Gasteiger partial charge >= 0.3 is 6.03 Å². The lowest BCUT2D eigenvalue weighted by Gasteiger charge is -2.25. The molecule has 1 atom stereocenters. The summed E-state index contributed by atoms with van der Waals surface area (Å²) in [5.74, 6) is -0.536. The Morgan fingerprint density at radius 2 is 1.62 bits per heavy atom. The van der Waals surface area contributed by atoms with Crippen LogP contribution in [0.4, 0.5) is 4.79 Å². The monoisotopic (exact) mass is 495 g/mol. The van der Waals surface area contributed by atoms with Crippen molar-refractivity contribution in [2.24, 2.45) is 0 Å². The summed E-state index contributed by atoms with van der Waals surface area (Å²) in [6.45, 7) is 1.81. The van der Waals surface area contributed by atoms with Crippen molar-refractivity contribution in [3.05, 3.63) is 102 Å². The van der Waals surface area contributed by atoms with Gasteiger partial charge in [-0.15, -0.1) is 0 Å². The normalized spacial score (nSPS) is 17.0. The Balaban J connectivity index is 1.50. The number of amides is 4. The van der Waals surface area contributed by atoms with E-state index in [2.05, 4.69) is 15.8 Å². The number of hydrazine groups is 1. The molecule has 9 nitrogen and oxygen atoms in total. The van der Waals surface area contributed by atoms with Crippen molar-refractivity contribution in [1.82, 2.24) is 25.5 Å². The maximum Gasteiger partial charge on any atom is 0.344 e. The summed E-state index contributed by atoms with van der Waals surface area (Å²) >= 11 is 0. The van der Waals surface area contributed by atoms with Crippen molar-refractivity contribution in [1.29, 1.82) is 0 Å². The van der Waals surface area contributed by atoms with E-state index >= 15 is 0 Å². The Labute approximate surface area is 213 Å². The molecule has 1 saturated heterocycles. The number of hydrogen-bond donors (Lipinski definition) is 2. The molecule has 1 aliphatic heterocycles. The van der Waals surface area contributed by atoms with E-state index in [4.69, 9.17) is 4.74 Å². The average molecular weight is 496 g/mol. The van der Waals surface area contributed by atoms with Gasteiger partial charge in [-0.1, -0.05) is 55.5 Å². The number of ether oxygens (including phenoxy) is 1. The summed E-state index contributed by atoms with van der Waals surface area (Å²) in [4.78, 5) is 39.9. The quantitative estimate of drug-likeness (QED) is 0.377. The van der Waals surface area contributed by atoms with Gasteiger partial charge in [-0.3, -0.25) is 15.0 Å². The molecule has 1 fully saturated rings. The second-order valence-electron chi connectivity index (χ2n) is 8.54. The third-order valence-corrected chi connectivity index (χ3v) is 6.44. The van der Waals surface area contributed by atoms with Crippen LogP contribution in [0.25, 0.3) is 16.9 Å². The van der Waals surface area contributed by atoms with Gasteiger partial charge in [0.15, 0.2) is 0 Å². The fourth-order valence-corrected chi connectivity index (χ4v) is 4.42. The number of imide groups is 1. The van der Waals surface area contributed by atoms with Crippen molar-refractivity contribution < 1.29 is 19.1 Å². The number of carbonyl (C=O) groups excluding carboxylic acids is 3. The lowest BCUT2D eigenvalue weighted by atomic mass is 9.87. The van der Waals surface area contributed by atoms with Crippen LogP contribution in [0, 0.1) is 0 Å². The highest BCUT2D eigenvalue weighted by atomic mass is 16.5. The van der Waals surface area contributed by atoms with E-state index in [0.717, 1.165) is 10.7 Å². The summed E-state index contributed by atoms with van der Waals surface area (Å²) in [5, 5.41) is 8.16. The molecule has 0 saturated carbocycles. The minimum atomic E-state index is -1.27. The summed E-state index contributed by atoms with van der Waals surface area (Å²) in [5.41, 5.74) is 3.89. The minimum Gasteiger partial charge on any atom is -0.497 e. The lowest BCUT2D eigenvalue weighted by Crippen LogP contribution is -2.48. The van der Waals surface area contributed by atoms with E-state index < -0.39 is 23.4 Å². The van der Waals surface area contributed by atoms with E-state index in [-0.39, 0.29) is 5.56 Å². The zero-order chi connectivity index (χ0) is 26.0. The number of nitrogens with zero attached hydrogens (tertiary/aromatic N) is 3. The van der Waals surface area contributed by atoms with Crippen LogP contribution in [0.15, 0.2) is 91.1 Å². The maximum atomic E-state index is 13.5. The number of rotatable bonds is 7. The lowest BCUT2D eigenvalue weighted by molar-refractivity contribution is -0.133. The molecule has 186 valence electrons. The summed E-state index contributed by atoms with van der Waals surface area (Å²) in [6, 6.07) is 24.7. The number of aromatic nitrogens is 2. The topological polar surface area (TPSA) is 106 Å². The fraction of sp³-hybridized carbons (Fsp3) is 0.143. The van der Waals surface area contributed by atoms with Crippen molar-refractivity contribution in [3.63, 3.8) is 0 Å². The van der Waals surface area contributed by atoms with Gasteiger partial charge in [0.05, 0.1) is 18.4 Å². The van der Waals surface area contributed by atoms with Crippen LogP contribution in [-0.2, 0) is 10.3 Å². The van der Waals surface area contributed by atoms with Gasteiger partial charge in [0.25, 0.3) is 11.8 Å². The first-order valence-corrected chi connectivity index (χ1v) is 11.8. The number of hydrogen-bond acceptors (Lipinski definition) is 5. The smallest absolute Gasteiger partial charge is 0.344 e. The Morgan fingerprint density at radius 3 is 2.24 bits per heavy atom. The molecule has 0 radical (unpaired) electrons. The van der Waals surface area contributed by atoms with Crippen molar-refractivity contribution in [2.45, 2.75) is 18.9 Å². The molecule has 37 heavy (non-hydrogen) atoms. The van der Waals surface area contributed by atoms with Gasteiger partial charge in [-0.25, -0.2) is 9.48 Å². The van der Waals surface area contributed by atoms with Gasteiger partial charge in [-0.2, -0.15) is 10.1 Å². The Kier molecular flexibility index (Phi) is 6.19. The SMILES string of the molecule is CCC1(c2ccccc2)NC(=O)N(NC(=O)c2cn(-c3ccccc3)nc2-c2ccc(OC)cc2)C1=O. The predicted molar refractivity (Wildman–Crippen MR) is 137 cm³/mol. The fourth-order valence-electron chi connectivity index (χ4n) is 4.42. The third kappa shape index (κ3) is 4.20.